The Morgan fingerprint density at radius 3 is 2.53 bits per heavy atom. The van der Waals surface area contributed by atoms with E-state index in [1.54, 1.807) is 7.11 Å². The lowest BCUT2D eigenvalue weighted by Gasteiger charge is -2.15. The quantitative estimate of drug-likeness (QED) is 0.283. The molecule has 0 radical (unpaired) electrons. The molecule has 0 atom stereocenters. The summed E-state index contributed by atoms with van der Waals surface area (Å²) in [4.78, 5) is 0. The fraction of sp³-hybridized carbons (Fsp3) is 0.222. The topological polar surface area (TPSA) is 76.9 Å². The predicted octanol–water partition coefficient (Wildman–Crippen LogP) is 0.995. The van der Waals surface area contributed by atoms with Crippen molar-refractivity contribution in [2.75, 3.05) is 7.11 Å². The zero-order valence-electron chi connectivity index (χ0n) is 8.35. The molecule has 0 amide bonds. The monoisotopic (exact) mass is 272 g/mol. The van der Waals surface area contributed by atoms with Crippen LogP contribution in [0.25, 0.3) is 0 Å². The second-order valence-electron chi connectivity index (χ2n) is 2.87. The molecule has 0 heterocycles. The molecule has 6 heteroatoms. The molecule has 15 heavy (non-hydrogen) atoms. The summed E-state index contributed by atoms with van der Waals surface area (Å²) in [5.74, 6) is 11.6. The number of amidine groups is 1. The molecular weight excluding hydrogens is 260 g/mol. The molecule has 4 N–H and O–H groups in total. The van der Waals surface area contributed by atoms with Gasteiger partial charge in [-0.3, -0.25) is 5.01 Å². The second-order valence-corrected chi connectivity index (χ2v) is 3.58. The Hall–Kier alpha value is -1.27. The maximum atomic E-state index is 5.67. The summed E-state index contributed by atoms with van der Waals surface area (Å²) in [7, 11) is 1.63. The van der Waals surface area contributed by atoms with Crippen LogP contribution in [-0.4, -0.2) is 16.9 Å². The van der Waals surface area contributed by atoms with E-state index in [1.807, 2.05) is 24.3 Å². The van der Waals surface area contributed by atoms with Crippen molar-refractivity contribution in [3.05, 3.63) is 29.8 Å². The molecule has 0 aliphatic carbocycles. The van der Waals surface area contributed by atoms with Crippen LogP contribution in [0.15, 0.2) is 29.4 Å². The summed E-state index contributed by atoms with van der Waals surface area (Å²) in [5.41, 5.74) is 1.04. The largest absolute Gasteiger partial charge is 0.497 e. The minimum atomic E-state index is 0.401. The molecule has 1 rings (SSSR count). The Morgan fingerprint density at radius 1 is 1.47 bits per heavy atom. The molecule has 1 aromatic rings. The van der Waals surface area contributed by atoms with Gasteiger partial charge in [0.2, 0.25) is 4.74 Å². The number of halogens is 1. The Labute approximate surface area is 96.8 Å². The van der Waals surface area contributed by atoms with Gasteiger partial charge in [-0.25, -0.2) is 5.84 Å². The lowest BCUT2D eigenvalue weighted by atomic mass is 10.2. The molecule has 1 aromatic carbocycles. The third-order valence-corrected chi connectivity index (χ3v) is 2.52. The van der Waals surface area contributed by atoms with E-state index in [-0.39, 0.29) is 0 Å². The van der Waals surface area contributed by atoms with E-state index in [4.69, 9.17) is 16.4 Å². The van der Waals surface area contributed by atoms with Crippen molar-refractivity contribution >= 4 is 20.7 Å². The van der Waals surface area contributed by atoms with E-state index in [2.05, 4.69) is 21.0 Å². The maximum absolute atomic E-state index is 5.67. The number of benzene rings is 1. The van der Waals surface area contributed by atoms with E-state index >= 15 is 0 Å². The first-order valence-electron chi connectivity index (χ1n) is 4.26. The van der Waals surface area contributed by atoms with E-state index in [9.17, 15) is 0 Å². The highest BCUT2D eigenvalue weighted by molar-refractivity contribution is 9.18. The van der Waals surface area contributed by atoms with E-state index < -0.39 is 0 Å². The smallest absolute Gasteiger partial charge is 0.205 e. The van der Waals surface area contributed by atoms with Gasteiger partial charge < -0.3 is 10.6 Å². The maximum Gasteiger partial charge on any atom is 0.205 e. The number of hydrogen-bond donors (Lipinski definition) is 2. The number of nitrogens with two attached hydrogens (primary N) is 2. The van der Waals surface area contributed by atoms with Crippen molar-refractivity contribution < 1.29 is 4.74 Å². The molecule has 0 bridgehead atoms. The highest BCUT2D eigenvalue weighted by Gasteiger charge is 2.03. The Kier molecular flexibility index (Phi) is 4.38. The van der Waals surface area contributed by atoms with Gasteiger partial charge in [0.15, 0.2) is 0 Å². The van der Waals surface area contributed by atoms with Gasteiger partial charge in [0.25, 0.3) is 0 Å². The number of rotatable bonds is 3. The first-order chi connectivity index (χ1) is 7.17. The normalized spacial score (nSPS) is 11.3. The van der Waals surface area contributed by atoms with Crippen molar-refractivity contribution in [3.63, 3.8) is 0 Å². The first-order valence-corrected chi connectivity index (χ1v) is 5.05. The van der Waals surface area contributed by atoms with Gasteiger partial charge in [0.05, 0.1) is 13.7 Å². The molecule has 0 saturated carbocycles. The molecule has 0 aromatic heterocycles. The standard InChI is InChI=1S/C9H13BrN4O/c1-15-8-4-2-7(3-5-8)6-14(12)9(10)13-11/h2-5H,6,11-12H2,1H3/b13-9-. The van der Waals surface area contributed by atoms with Gasteiger partial charge in [-0.15, -0.1) is 0 Å². The summed E-state index contributed by atoms with van der Waals surface area (Å²) in [6.07, 6.45) is 0. The summed E-state index contributed by atoms with van der Waals surface area (Å²) in [6.45, 7) is 0.519. The molecule has 0 spiro atoms. The zero-order chi connectivity index (χ0) is 11.3. The third kappa shape index (κ3) is 3.41. The van der Waals surface area contributed by atoms with Crippen LogP contribution in [0.3, 0.4) is 0 Å². The lowest BCUT2D eigenvalue weighted by molar-refractivity contribution is 0.413. The molecule has 0 saturated heterocycles. The van der Waals surface area contributed by atoms with Gasteiger partial charge in [0.1, 0.15) is 5.75 Å². The third-order valence-electron chi connectivity index (χ3n) is 1.86. The van der Waals surface area contributed by atoms with E-state index in [1.165, 1.54) is 5.01 Å². The van der Waals surface area contributed by atoms with Gasteiger partial charge in [-0.1, -0.05) is 12.1 Å². The number of methoxy groups -OCH3 is 1. The van der Waals surface area contributed by atoms with Crippen LogP contribution >= 0.6 is 15.9 Å². The first kappa shape index (κ1) is 11.8. The SMILES string of the molecule is COc1ccc(CN(N)/C(Br)=N\N)cc1. The Balaban J connectivity index is 2.65. The summed E-state index contributed by atoms with van der Waals surface area (Å²) >= 11 is 3.13. The van der Waals surface area contributed by atoms with Crippen molar-refractivity contribution in [1.29, 1.82) is 0 Å². The van der Waals surface area contributed by atoms with Crippen LogP contribution in [0.4, 0.5) is 0 Å². The average Bonchev–Trinajstić information content (AvgIpc) is 2.29. The van der Waals surface area contributed by atoms with Crippen molar-refractivity contribution in [2.24, 2.45) is 16.8 Å². The number of hydrazone groups is 1. The lowest BCUT2D eigenvalue weighted by Crippen LogP contribution is -2.34. The van der Waals surface area contributed by atoms with Crippen LogP contribution in [0.1, 0.15) is 5.56 Å². The van der Waals surface area contributed by atoms with Crippen molar-refractivity contribution in [3.8, 4) is 5.75 Å². The van der Waals surface area contributed by atoms with Crippen molar-refractivity contribution in [2.45, 2.75) is 6.54 Å². The molecule has 82 valence electrons. The minimum Gasteiger partial charge on any atom is -0.497 e. The summed E-state index contributed by atoms with van der Waals surface area (Å²) < 4.78 is 5.45. The molecule has 5 nitrogen and oxygen atoms in total. The summed E-state index contributed by atoms with van der Waals surface area (Å²) in [5, 5.41) is 4.83. The number of hydrazine groups is 1. The van der Waals surface area contributed by atoms with Gasteiger partial charge >= 0.3 is 0 Å². The molecular formula is C9H13BrN4O. The van der Waals surface area contributed by atoms with Crippen LogP contribution in [0.5, 0.6) is 5.75 Å². The molecule has 0 aliphatic rings. The van der Waals surface area contributed by atoms with Crippen molar-refractivity contribution in [1.82, 2.24) is 5.01 Å². The van der Waals surface area contributed by atoms with E-state index in [0.717, 1.165) is 11.3 Å². The molecule has 0 unspecified atom stereocenters. The molecule has 0 aliphatic heterocycles. The number of hydrogen-bond acceptors (Lipinski definition) is 4. The minimum absolute atomic E-state index is 0.401. The van der Waals surface area contributed by atoms with Gasteiger partial charge in [0, 0.05) is 0 Å². The molecule has 0 fully saturated rings. The van der Waals surface area contributed by atoms with Gasteiger partial charge in [-0.2, -0.15) is 5.10 Å². The van der Waals surface area contributed by atoms with Gasteiger partial charge in [-0.05, 0) is 33.6 Å². The number of ether oxygens (including phenoxy) is 1. The van der Waals surface area contributed by atoms with Crippen LogP contribution in [0, 0.1) is 0 Å². The fourth-order valence-corrected chi connectivity index (χ4v) is 1.19. The zero-order valence-corrected chi connectivity index (χ0v) is 9.94. The van der Waals surface area contributed by atoms with Crippen LogP contribution < -0.4 is 16.4 Å². The number of nitrogens with zero attached hydrogens (tertiary/aromatic N) is 2. The fourth-order valence-electron chi connectivity index (χ4n) is 1.07. The van der Waals surface area contributed by atoms with Crippen LogP contribution in [0.2, 0.25) is 0 Å². The highest BCUT2D eigenvalue weighted by atomic mass is 79.9. The predicted molar refractivity (Wildman–Crippen MR) is 63.3 cm³/mol. The Bertz CT molecular complexity index is 338. The highest BCUT2D eigenvalue weighted by Crippen LogP contribution is 2.12. The second kappa shape index (κ2) is 5.57. The van der Waals surface area contributed by atoms with E-state index in [0.29, 0.717) is 11.3 Å². The summed E-state index contributed by atoms with van der Waals surface area (Å²) in [6, 6.07) is 7.60. The van der Waals surface area contributed by atoms with Crippen LogP contribution in [-0.2, 0) is 6.54 Å². The average molecular weight is 273 g/mol. The Morgan fingerprint density at radius 2 is 2.07 bits per heavy atom.